The van der Waals surface area contributed by atoms with Crippen LogP contribution < -0.4 is 5.56 Å². The molecule has 3 atom stereocenters. The van der Waals surface area contributed by atoms with Gasteiger partial charge in [0, 0.05) is 49.7 Å². The van der Waals surface area contributed by atoms with E-state index in [1.165, 1.54) is 12.0 Å². The van der Waals surface area contributed by atoms with Crippen molar-refractivity contribution in [3.05, 3.63) is 57.9 Å². The van der Waals surface area contributed by atoms with Gasteiger partial charge in [-0.2, -0.15) is 0 Å². The topological polar surface area (TPSA) is 56.4 Å². The van der Waals surface area contributed by atoms with Crippen molar-refractivity contribution >= 4 is 16.8 Å². The van der Waals surface area contributed by atoms with E-state index in [1.807, 2.05) is 13.0 Å². The molecular weight excluding hydrogens is 362 g/mol. The first-order chi connectivity index (χ1) is 14.1. The first kappa shape index (κ1) is 18.6. The maximum atomic E-state index is 12.9. The maximum absolute atomic E-state index is 12.9. The summed E-state index contributed by atoms with van der Waals surface area (Å²) in [5, 5.41) is 1.08. The van der Waals surface area contributed by atoms with Gasteiger partial charge in [0.25, 0.3) is 5.56 Å². The lowest BCUT2D eigenvalue weighted by atomic mass is 9.92. The van der Waals surface area contributed by atoms with Crippen LogP contribution in [0, 0.1) is 17.8 Å². The number of aromatic nitrogens is 1. The number of H-pyrrole nitrogens is 1. The van der Waals surface area contributed by atoms with Crippen molar-refractivity contribution in [1.82, 2.24) is 14.8 Å². The number of allylic oxidation sites excluding steroid dienone is 2. The second-order valence-corrected chi connectivity index (χ2v) is 8.89. The van der Waals surface area contributed by atoms with Gasteiger partial charge in [0.1, 0.15) is 0 Å². The van der Waals surface area contributed by atoms with E-state index < -0.39 is 0 Å². The number of nitrogens with zero attached hydrogens (tertiary/aromatic N) is 2. The fourth-order valence-corrected chi connectivity index (χ4v) is 5.34. The van der Waals surface area contributed by atoms with Crippen molar-refractivity contribution in [2.45, 2.75) is 32.7 Å². The Balaban J connectivity index is 1.21. The molecule has 1 N–H and O–H groups in total. The standard InChI is InChI=1S/C24H29N3O2/c1-2-18-14-20-6-4-17(13-22(20)25-23(18)28)15-26-7-9-27(10-8-26)24(29)21-12-16-3-5-19(21)11-16/h3-6,13-14,16,19,21H,2,7-12,15H2,1H3,(H,25,28). The average Bonchev–Trinajstić information content (AvgIpc) is 3.37. The van der Waals surface area contributed by atoms with Gasteiger partial charge < -0.3 is 9.88 Å². The summed E-state index contributed by atoms with van der Waals surface area (Å²) in [7, 11) is 0. The minimum atomic E-state index is 0.0136. The molecule has 2 fully saturated rings. The molecule has 1 aliphatic heterocycles. The van der Waals surface area contributed by atoms with Gasteiger partial charge in [0.2, 0.25) is 5.91 Å². The van der Waals surface area contributed by atoms with Crippen molar-refractivity contribution in [2.75, 3.05) is 26.2 Å². The number of benzene rings is 1. The Kier molecular flexibility index (Phi) is 4.78. The van der Waals surface area contributed by atoms with Gasteiger partial charge in [-0.05, 0) is 54.2 Å². The zero-order valence-electron chi connectivity index (χ0n) is 17.1. The van der Waals surface area contributed by atoms with Crippen LogP contribution in [0.5, 0.6) is 0 Å². The van der Waals surface area contributed by atoms with E-state index in [9.17, 15) is 9.59 Å². The Morgan fingerprint density at radius 2 is 1.93 bits per heavy atom. The third-order valence-corrected chi connectivity index (χ3v) is 7.05. The Morgan fingerprint density at radius 3 is 2.62 bits per heavy atom. The summed E-state index contributed by atoms with van der Waals surface area (Å²) in [6, 6.07) is 8.34. The van der Waals surface area contributed by atoms with E-state index >= 15 is 0 Å². The molecule has 2 heterocycles. The molecule has 0 spiro atoms. The van der Waals surface area contributed by atoms with Gasteiger partial charge in [-0.25, -0.2) is 0 Å². The van der Waals surface area contributed by atoms with Crippen LogP contribution in [0.3, 0.4) is 0 Å². The normalized spacial score (nSPS) is 26.5. The molecule has 5 rings (SSSR count). The van der Waals surface area contributed by atoms with Crippen molar-refractivity contribution in [3.63, 3.8) is 0 Å². The number of piperazine rings is 1. The Morgan fingerprint density at radius 1 is 1.10 bits per heavy atom. The molecule has 0 radical (unpaired) electrons. The number of carbonyl (C=O) groups excluding carboxylic acids is 1. The zero-order valence-corrected chi connectivity index (χ0v) is 17.1. The van der Waals surface area contributed by atoms with E-state index in [0.29, 0.717) is 17.7 Å². The van der Waals surface area contributed by atoms with Gasteiger partial charge in [-0.3, -0.25) is 14.5 Å². The molecule has 1 saturated carbocycles. The average molecular weight is 392 g/mol. The van der Waals surface area contributed by atoms with Crippen LogP contribution in [0.2, 0.25) is 0 Å². The van der Waals surface area contributed by atoms with Crippen molar-refractivity contribution in [2.24, 2.45) is 17.8 Å². The van der Waals surface area contributed by atoms with Crippen LogP contribution in [0.4, 0.5) is 0 Å². The molecule has 1 aromatic heterocycles. The van der Waals surface area contributed by atoms with E-state index in [0.717, 1.165) is 62.0 Å². The molecule has 1 amide bonds. The number of pyridine rings is 1. The van der Waals surface area contributed by atoms with Gasteiger partial charge in [0.05, 0.1) is 0 Å². The SMILES string of the molecule is CCc1cc2ccc(CN3CCN(C(=O)C4CC5C=CC4C5)CC3)cc2[nH]c1=O. The van der Waals surface area contributed by atoms with Crippen LogP contribution >= 0.6 is 0 Å². The lowest BCUT2D eigenvalue weighted by Crippen LogP contribution is -2.50. The summed E-state index contributed by atoms with van der Waals surface area (Å²) >= 11 is 0. The predicted molar refractivity (Wildman–Crippen MR) is 115 cm³/mol. The summed E-state index contributed by atoms with van der Waals surface area (Å²) in [5.74, 6) is 1.72. The summed E-state index contributed by atoms with van der Waals surface area (Å²) < 4.78 is 0. The van der Waals surface area contributed by atoms with Crippen LogP contribution in [-0.4, -0.2) is 46.9 Å². The van der Waals surface area contributed by atoms with Crippen LogP contribution in [0.1, 0.15) is 30.9 Å². The summed E-state index contributed by atoms with van der Waals surface area (Å²) in [4.78, 5) is 32.6. The Bertz CT molecular complexity index is 1020. The van der Waals surface area contributed by atoms with Crippen LogP contribution in [0.15, 0.2) is 41.2 Å². The first-order valence-electron chi connectivity index (χ1n) is 10.9. The largest absolute Gasteiger partial charge is 0.340 e. The smallest absolute Gasteiger partial charge is 0.251 e. The molecule has 29 heavy (non-hydrogen) atoms. The fraction of sp³-hybridized carbons (Fsp3) is 0.500. The van der Waals surface area contributed by atoms with Crippen LogP contribution in [-0.2, 0) is 17.8 Å². The molecular formula is C24H29N3O2. The van der Waals surface area contributed by atoms with Gasteiger partial charge in [0.15, 0.2) is 0 Å². The lowest BCUT2D eigenvalue weighted by molar-refractivity contribution is -0.138. The number of nitrogens with one attached hydrogen (secondary N) is 1. The van der Waals surface area contributed by atoms with Crippen molar-refractivity contribution in [3.8, 4) is 0 Å². The first-order valence-corrected chi connectivity index (χ1v) is 10.9. The molecule has 5 nitrogen and oxygen atoms in total. The van der Waals surface area contributed by atoms with Crippen molar-refractivity contribution < 1.29 is 4.79 Å². The highest BCUT2D eigenvalue weighted by molar-refractivity contribution is 5.80. The van der Waals surface area contributed by atoms with Crippen LogP contribution in [0.25, 0.3) is 10.9 Å². The summed E-state index contributed by atoms with van der Waals surface area (Å²) in [5.41, 5.74) is 2.95. The molecule has 1 aromatic carbocycles. The number of hydrogen-bond acceptors (Lipinski definition) is 3. The molecule has 152 valence electrons. The molecule has 2 bridgehead atoms. The number of fused-ring (bicyclic) bond motifs is 3. The monoisotopic (exact) mass is 391 g/mol. The predicted octanol–water partition coefficient (Wildman–Crippen LogP) is 2.95. The van der Waals surface area contributed by atoms with Gasteiger partial charge in [-0.15, -0.1) is 0 Å². The number of aryl methyl sites for hydroxylation is 1. The minimum absolute atomic E-state index is 0.0136. The molecule has 3 aliphatic rings. The van der Waals surface area contributed by atoms with E-state index in [4.69, 9.17) is 0 Å². The maximum Gasteiger partial charge on any atom is 0.251 e. The number of carbonyl (C=O) groups is 1. The molecule has 1 saturated heterocycles. The highest BCUT2D eigenvalue weighted by atomic mass is 16.2. The highest BCUT2D eigenvalue weighted by Gasteiger charge is 2.41. The second kappa shape index (κ2) is 7.45. The zero-order chi connectivity index (χ0) is 20.0. The van der Waals surface area contributed by atoms with E-state index in [-0.39, 0.29) is 11.5 Å². The number of hydrogen-bond donors (Lipinski definition) is 1. The minimum Gasteiger partial charge on any atom is -0.340 e. The molecule has 2 aromatic rings. The second-order valence-electron chi connectivity index (χ2n) is 8.89. The van der Waals surface area contributed by atoms with E-state index in [1.54, 1.807) is 0 Å². The summed E-state index contributed by atoms with van der Waals surface area (Å²) in [6.07, 6.45) is 7.54. The molecule has 3 unspecified atom stereocenters. The van der Waals surface area contributed by atoms with Crippen molar-refractivity contribution in [1.29, 1.82) is 0 Å². The molecule has 5 heteroatoms. The third kappa shape index (κ3) is 3.52. The van der Waals surface area contributed by atoms with Gasteiger partial charge >= 0.3 is 0 Å². The summed E-state index contributed by atoms with van der Waals surface area (Å²) in [6.45, 7) is 6.31. The fourth-order valence-electron chi connectivity index (χ4n) is 5.34. The third-order valence-electron chi connectivity index (χ3n) is 7.05. The Hall–Kier alpha value is -2.40. The Labute approximate surface area is 171 Å². The quantitative estimate of drug-likeness (QED) is 0.816. The highest BCUT2D eigenvalue weighted by Crippen LogP contribution is 2.44. The van der Waals surface area contributed by atoms with E-state index in [2.05, 4.69) is 45.1 Å². The number of amides is 1. The number of aromatic amines is 1. The number of rotatable bonds is 4. The molecule has 2 aliphatic carbocycles. The lowest BCUT2D eigenvalue weighted by Gasteiger charge is -2.37. The van der Waals surface area contributed by atoms with Gasteiger partial charge in [-0.1, -0.05) is 31.2 Å².